The molecule has 2 rings (SSSR count). The highest BCUT2D eigenvalue weighted by molar-refractivity contribution is 5.76. The van der Waals surface area contributed by atoms with Gasteiger partial charge in [-0.15, -0.1) is 0 Å². The number of nitrogens with zero attached hydrogens (tertiary/aromatic N) is 3. The zero-order valence-corrected chi connectivity index (χ0v) is 11.5. The lowest BCUT2D eigenvalue weighted by Crippen LogP contribution is -2.41. The number of aromatic nitrogens is 2. The Morgan fingerprint density at radius 3 is 2.95 bits per heavy atom. The van der Waals surface area contributed by atoms with Gasteiger partial charge < -0.3 is 15.0 Å². The highest BCUT2D eigenvalue weighted by Gasteiger charge is 2.15. The van der Waals surface area contributed by atoms with Crippen LogP contribution in [0, 0.1) is 0 Å². The van der Waals surface area contributed by atoms with E-state index in [1.807, 2.05) is 22.0 Å². The van der Waals surface area contributed by atoms with E-state index in [1.165, 1.54) is 0 Å². The van der Waals surface area contributed by atoms with Gasteiger partial charge in [0, 0.05) is 50.9 Å². The molecule has 0 saturated carbocycles. The van der Waals surface area contributed by atoms with E-state index in [2.05, 4.69) is 17.3 Å². The Morgan fingerprint density at radius 2 is 2.26 bits per heavy atom. The van der Waals surface area contributed by atoms with E-state index in [9.17, 15) is 4.79 Å². The Morgan fingerprint density at radius 1 is 1.47 bits per heavy atom. The van der Waals surface area contributed by atoms with Crippen LogP contribution in [0.5, 0.6) is 0 Å². The number of rotatable bonds is 6. The number of nitrogens with one attached hydrogen (secondary N) is 1. The maximum Gasteiger partial charge on any atom is 0.224 e. The molecule has 1 N–H and O–H groups in total. The molecule has 1 aliphatic heterocycles. The molecule has 106 valence electrons. The molecule has 1 aromatic rings. The molecule has 0 unspecified atom stereocenters. The lowest BCUT2D eigenvalue weighted by molar-refractivity contribution is -0.135. The number of carbonyl (C=O) groups is 1. The number of hydrogen-bond donors (Lipinski definition) is 1. The van der Waals surface area contributed by atoms with Crippen molar-refractivity contribution in [2.75, 3.05) is 32.8 Å². The van der Waals surface area contributed by atoms with Crippen molar-refractivity contribution in [1.29, 1.82) is 0 Å². The Balaban J connectivity index is 1.62. The molecule has 0 aliphatic carbocycles. The van der Waals surface area contributed by atoms with Gasteiger partial charge in [-0.1, -0.05) is 0 Å². The number of hydrogen-bond acceptors (Lipinski definition) is 4. The highest BCUT2D eigenvalue weighted by atomic mass is 16.5. The number of amides is 1. The SMILES string of the molecule is CCn1cc(CNCCC(=O)N2CCOCC2)cn1. The summed E-state index contributed by atoms with van der Waals surface area (Å²) in [6.07, 6.45) is 4.43. The zero-order chi connectivity index (χ0) is 13.5. The summed E-state index contributed by atoms with van der Waals surface area (Å²) in [5.74, 6) is 0.208. The first-order valence-electron chi connectivity index (χ1n) is 6.87. The van der Waals surface area contributed by atoms with Crippen molar-refractivity contribution in [1.82, 2.24) is 20.0 Å². The summed E-state index contributed by atoms with van der Waals surface area (Å²) in [4.78, 5) is 13.7. The van der Waals surface area contributed by atoms with E-state index in [0.29, 0.717) is 26.2 Å². The van der Waals surface area contributed by atoms with E-state index < -0.39 is 0 Å². The van der Waals surface area contributed by atoms with Crippen LogP contribution in [0.15, 0.2) is 12.4 Å². The van der Waals surface area contributed by atoms with Crippen molar-refractivity contribution >= 4 is 5.91 Å². The molecule has 1 aromatic heterocycles. The summed E-state index contributed by atoms with van der Waals surface area (Å²) in [5.41, 5.74) is 1.15. The van der Waals surface area contributed by atoms with Gasteiger partial charge in [-0.05, 0) is 6.92 Å². The van der Waals surface area contributed by atoms with Gasteiger partial charge in [0.15, 0.2) is 0 Å². The molecule has 0 aromatic carbocycles. The molecule has 1 amide bonds. The third-order valence-electron chi connectivity index (χ3n) is 3.22. The van der Waals surface area contributed by atoms with Crippen LogP contribution in [0.4, 0.5) is 0 Å². The normalized spacial score (nSPS) is 15.7. The lowest BCUT2D eigenvalue weighted by atomic mass is 10.3. The van der Waals surface area contributed by atoms with Gasteiger partial charge in [0.25, 0.3) is 0 Å². The molecule has 0 spiro atoms. The third-order valence-corrected chi connectivity index (χ3v) is 3.22. The molecule has 6 nitrogen and oxygen atoms in total. The maximum atomic E-state index is 11.9. The van der Waals surface area contributed by atoms with Gasteiger partial charge in [-0.25, -0.2) is 0 Å². The van der Waals surface area contributed by atoms with Gasteiger partial charge in [-0.2, -0.15) is 5.10 Å². The van der Waals surface area contributed by atoms with E-state index in [1.54, 1.807) is 0 Å². The van der Waals surface area contributed by atoms with Crippen LogP contribution in [0.25, 0.3) is 0 Å². The summed E-state index contributed by atoms with van der Waals surface area (Å²) in [6.45, 7) is 7.18. The number of ether oxygens (including phenoxy) is 1. The van der Waals surface area contributed by atoms with Crippen LogP contribution in [0.2, 0.25) is 0 Å². The fraction of sp³-hybridized carbons (Fsp3) is 0.692. The molecule has 1 aliphatic rings. The van der Waals surface area contributed by atoms with Crippen molar-refractivity contribution in [3.63, 3.8) is 0 Å². The van der Waals surface area contributed by atoms with Crippen molar-refractivity contribution in [2.24, 2.45) is 0 Å². The quantitative estimate of drug-likeness (QED) is 0.749. The van der Waals surface area contributed by atoms with Crippen molar-refractivity contribution < 1.29 is 9.53 Å². The monoisotopic (exact) mass is 266 g/mol. The van der Waals surface area contributed by atoms with Gasteiger partial charge >= 0.3 is 0 Å². The predicted molar refractivity (Wildman–Crippen MR) is 71.6 cm³/mol. The average molecular weight is 266 g/mol. The summed E-state index contributed by atoms with van der Waals surface area (Å²) >= 11 is 0. The topological polar surface area (TPSA) is 59.4 Å². The van der Waals surface area contributed by atoms with Crippen LogP contribution in [0.1, 0.15) is 18.9 Å². The summed E-state index contributed by atoms with van der Waals surface area (Å²) in [7, 11) is 0. The van der Waals surface area contributed by atoms with Crippen molar-refractivity contribution in [2.45, 2.75) is 26.4 Å². The minimum atomic E-state index is 0.208. The maximum absolute atomic E-state index is 11.9. The minimum Gasteiger partial charge on any atom is -0.378 e. The molecule has 19 heavy (non-hydrogen) atoms. The van der Waals surface area contributed by atoms with Crippen LogP contribution in [-0.2, 0) is 22.6 Å². The second-order valence-electron chi connectivity index (χ2n) is 4.62. The van der Waals surface area contributed by atoms with Crippen LogP contribution < -0.4 is 5.32 Å². The van der Waals surface area contributed by atoms with Gasteiger partial charge in [0.1, 0.15) is 0 Å². The molecule has 6 heteroatoms. The van der Waals surface area contributed by atoms with Gasteiger partial charge in [0.2, 0.25) is 5.91 Å². The highest BCUT2D eigenvalue weighted by Crippen LogP contribution is 2.00. The molecular formula is C13H22N4O2. The zero-order valence-electron chi connectivity index (χ0n) is 11.5. The Kier molecular flexibility index (Phi) is 5.35. The smallest absolute Gasteiger partial charge is 0.224 e. The molecule has 0 bridgehead atoms. The standard InChI is InChI=1S/C13H22N4O2/c1-2-17-11-12(10-15-17)9-14-4-3-13(18)16-5-7-19-8-6-16/h10-11,14H,2-9H2,1H3. The Bertz CT molecular complexity index is 399. The number of aryl methyl sites for hydroxylation is 1. The second kappa shape index (κ2) is 7.25. The first-order valence-corrected chi connectivity index (χ1v) is 6.87. The average Bonchev–Trinajstić information content (AvgIpc) is 2.92. The van der Waals surface area contributed by atoms with Gasteiger partial charge in [0.05, 0.1) is 19.4 Å². The molecule has 2 heterocycles. The first-order chi connectivity index (χ1) is 9.29. The van der Waals surface area contributed by atoms with Crippen molar-refractivity contribution in [3.8, 4) is 0 Å². The first kappa shape index (κ1) is 14.0. The molecule has 1 saturated heterocycles. The van der Waals surface area contributed by atoms with Crippen LogP contribution in [0.3, 0.4) is 0 Å². The van der Waals surface area contributed by atoms with Crippen LogP contribution >= 0.6 is 0 Å². The van der Waals surface area contributed by atoms with E-state index in [-0.39, 0.29) is 5.91 Å². The Hall–Kier alpha value is -1.40. The van der Waals surface area contributed by atoms with E-state index >= 15 is 0 Å². The number of carbonyl (C=O) groups excluding carboxylic acids is 1. The van der Waals surface area contributed by atoms with Crippen LogP contribution in [-0.4, -0.2) is 53.4 Å². The summed E-state index contributed by atoms with van der Waals surface area (Å²) in [6, 6.07) is 0. The minimum absolute atomic E-state index is 0.208. The predicted octanol–water partition coefficient (Wildman–Crippen LogP) is 0.242. The molecule has 0 atom stereocenters. The lowest BCUT2D eigenvalue weighted by Gasteiger charge is -2.26. The molecular weight excluding hydrogens is 244 g/mol. The molecule has 0 radical (unpaired) electrons. The number of morpholine rings is 1. The summed E-state index contributed by atoms with van der Waals surface area (Å²) < 4.78 is 7.13. The molecule has 1 fully saturated rings. The van der Waals surface area contributed by atoms with Crippen molar-refractivity contribution in [3.05, 3.63) is 18.0 Å². The van der Waals surface area contributed by atoms with Gasteiger partial charge in [-0.3, -0.25) is 9.48 Å². The fourth-order valence-corrected chi connectivity index (χ4v) is 2.07. The third kappa shape index (κ3) is 4.33. The fourth-order valence-electron chi connectivity index (χ4n) is 2.07. The second-order valence-corrected chi connectivity index (χ2v) is 4.62. The summed E-state index contributed by atoms with van der Waals surface area (Å²) in [5, 5.41) is 7.49. The van der Waals surface area contributed by atoms with E-state index in [0.717, 1.165) is 31.7 Å². The Labute approximate surface area is 113 Å². The largest absolute Gasteiger partial charge is 0.378 e. The van der Waals surface area contributed by atoms with E-state index in [4.69, 9.17) is 4.74 Å².